The molecular weight excluding hydrogens is 845 g/mol. The molecule has 2 aromatic carbocycles. The molecule has 330 valence electrons. The average Bonchev–Trinajstić information content (AvgIpc) is 4.11. The number of hydrogen-bond donors (Lipinski definition) is 2. The monoisotopic (exact) mass is 892 g/mol. The summed E-state index contributed by atoms with van der Waals surface area (Å²) in [4.78, 5) is 116. The number of carbonyl (C=O) groups excluding carboxylic acids is 8. The zero-order valence-corrected chi connectivity index (χ0v) is 36.7. The largest absolute Gasteiger partial charge is 0.456 e. The van der Waals surface area contributed by atoms with Gasteiger partial charge in [0.05, 0.1) is 45.7 Å². The van der Waals surface area contributed by atoms with Crippen molar-refractivity contribution in [3.8, 4) is 11.1 Å². The van der Waals surface area contributed by atoms with Crippen LogP contribution in [0.25, 0.3) is 31.6 Å². The maximum absolute atomic E-state index is 13.6. The molecule has 0 bridgehead atoms. The first-order chi connectivity index (χ1) is 29.7. The number of methoxy groups -OCH3 is 2. The van der Waals surface area contributed by atoms with Gasteiger partial charge in [-0.25, -0.2) is 29.1 Å². The van der Waals surface area contributed by atoms with Crippen molar-refractivity contribution in [3.63, 3.8) is 0 Å². The summed E-state index contributed by atoms with van der Waals surface area (Å²) in [6.45, 7) is 6.49. The van der Waals surface area contributed by atoms with E-state index < -0.39 is 84.9 Å². The van der Waals surface area contributed by atoms with Crippen LogP contribution >= 0.6 is 22.7 Å². The molecule has 18 nitrogen and oxygen atoms in total. The first-order valence-corrected chi connectivity index (χ1v) is 21.8. The first kappa shape index (κ1) is 45.5. The second-order valence-electron chi connectivity index (χ2n) is 15.5. The van der Waals surface area contributed by atoms with E-state index >= 15 is 0 Å². The number of Topliss-reactive ketones (excluding diaryl/α,β-unsaturated/α-hetero) is 2. The van der Waals surface area contributed by atoms with Gasteiger partial charge in [0.15, 0.2) is 13.2 Å². The maximum Gasteiger partial charge on any atom is 0.407 e. The van der Waals surface area contributed by atoms with Gasteiger partial charge in [-0.2, -0.15) is 0 Å². The Morgan fingerprint density at radius 2 is 1.03 bits per heavy atom. The van der Waals surface area contributed by atoms with E-state index in [-0.39, 0.29) is 36.1 Å². The molecule has 4 heterocycles. The van der Waals surface area contributed by atoms with E-state index in [1.54, 1.807) is 63.0 Å². The Morgan fingerprint density at radius 3 is 1.39 bits per heavy atom. The lowest BCUT2D eigenvalue weighted by molar-refractivity contribution is -0.153. The van der Waals surface area contributed by atoms with E-state index in [0.29, 0.717) is 57.2 Å². The predicted octanol–water partition coefficient (Wildman–Crippen LogP) is 4.77. The molecule has 2 saturated heterocycles. The molecule has 6 rings (SSSR count). The van der Waals surface area contributed by atoms with Gasteiger partial charge in [-0.15, -0.1) is 22.7 Å². The summed E-state index contributed by atoms with van der Waals surface area (Å²) >= 11 is 2.46. The highest BCUT2D eigenvalue weighted by molar-refractivity contribution is 7.17. The molecule has 20 heteroatoms. The fourth-order valence-electron chi connectivity index (χ4n) is 7.70. The molecule has 4 atom stereocenters. The van der Waals surface area contributed by atoms with E-state index in [4.69, 9.17) is 9.47 Å². The summed E-state index contributed by atoms with van der Waals surface area (Å²) in [6.07, 6.45) is 0.241. The molecular formula is C42H48N6O12S2. The molecule has 0 spiro atoms. The summed E-state index contributed by atoms with van der Waals surface area (Å²) in [5.74, 6) is -3.85. The van der Waals surface area contributed by atoms with Gasteiger partial charge < -0.3 is 39.4 Å². The molecule has 2 aliphatic heterocycles. The van der Waals surface area contributed by atoms with Gasteiger partial charge in [-0.1, -0.05) is 39.8 Å². The molecule has 62 heavy (non-hydrogen) atoms. The van der Waals surface area contributed by atoms with Crippen LogP contribution in [-0.2, 0) is 38.1 Å². The Labute approximate surface area is 364 Å². The molecule has 4 amide bonds. The van der Waals surface area contributed by atoms with Crippen molar-refractivity contribution < 1.29 is 57.3 Å². The number of ketones is 2. The maximum atomic E-state index is 13.6. The standard InChI is InChI=1S/C42H48N6O12S2/c1-21(2)31(45-41(55)57-5)37(51)47-15-7-9-27(47)39(53)59-17-29(49)25-13-11-23(33-35(25)61-19-43-33)24-12-14-26(36-34(24)44-20-62-36)30(50)18-60-40(54)28-10-8-16-48(28)38(52)32(22(3)4)46-42(56)58-6/h11-14,19-22,27-28,31-32H,7-10,15-18H2,1-6H3,(H,45,55)(H,46,56)/t27-,28-,31-,32-/m0/s1. The van der Waals surface area contributed by atoms with Crippen LogP contribution in [0, 0.1) is 11.8 Å². The molecule has 2 N–H and O–H groups in total. The number of ether oxygens (including phenoxy) is 4. The minimum atomic E-state index is -0.918. The van der Waals surface area contributed by atoms with Gasteiger partial charge in [0, 0.05) is 35.3 Å². The van der Waals surface area contributed by atoms with Crippen molar-refractivity contribution >= 4 is 90.6 Å². The number of nitrogens with one attached hydrogen (secondary N) is 2. The van der Waals surface area contributed by atoms with Crippen molar-refractivity contribution in [3.05, 3.63) is 46.4 Å². The molecule has 0 radical (unpaired) electrons. The van der Waals surface area contributed by atoms with Crippen molar-refractivity contribution in [2.75, 3.05) is 40.5 Å². The van der Waals surface area contributed by atoms with Gasteiger partial charge >= 0.3 is 24.1 Å². The van der Waals surface area contributed by atoms with Crippen LogP contribution in [0.15, 0.2) is 35.3 Å². The van der Waals surface area contributed by atoms with Crippen LogP contribution in [0.2, 0.25) is 0 Å². The third-order valence-electron chi connectivity index (χ3n) is 10.9. The molecule has 0 saturated carbocycles. The second kappa shape index (κ2) is 19.8. The molecule has 0 aliphatic carbocycles. The van der Waals surface area contributed by atoms with Crippen LogP contribution in [-0.4, -0.2) is 132 Å². The van der Waals surface area contributed by atoms with Crippen LogP contribution in [0.5, 0.6) is 0 Å². The van der Waals surface area contributed by atoms with Crippen LogP contribution < -0.4 is 10.6 Å². The van der Waals surface area contributed by atoms with Crippen molar-refractivity contribution in [1.29, 1.82) is 0 Å². The highest BCUT2D eigenvalue weighted by atomic mass is 32.1. The number of esters is 2. The Bertz CT molecular complexity index is 2230. The topological polar surface area (TPSA) is 230 Å². The number of likely N-dealkylation sites (tertiary alicyclic amines) is 2. The van der Waals surface area contributed by atoms with E-state index in [1.165, 1.54) is 46.7 Å². The molecule has 4 aromatic rings. The van der Waals surface area contributed by atoms with Crippen molar-refractivity contribution in [2.24, 2.45) is 11.8 Å². The fraction of sp³-hybridized carbons (Fsp3) is 0.476. The smallest absolute Gasteiger partial charge is 0.407 e. The Kier molecular flexibility index (Phi) is 14.5. The minimum Gasteiger partial charge on any atom is -0.456 e. The third kappa shape index (κ3) is 9.55. The summed E-state index contributed by atoms with van der Waals surface area (Å²) in [5, 5.41) is 5.07. The van der Waals surface area contributed by atoms with Crippen molar-refractivity contribution in [1.82, 2.24) is 30.4 Å². The highest BCUT2D eigenvalue weighted by Gasteiger charge is 2.41. The van der Waals surface area contributed by atoms with Gasteiger partial charge in [0.2, 0.25) is 23.4 Å². The number of fused-ring (bicyclic) bond motifs is 2. The summed E-state index contributed by atoms with van der Waals surface area (Å²) < 4.78 is 21.4. The van der Waals surface area contributed by atoms with Crippen molar-refractivity contribution in [2.45, 2.75) is 77.5 Å². The van der Waals surface area contributed by atoms with E-state index in [9.17, 15) is 38.4 Å². The Hall–Kier alpha value is -6.02. The second-order valence-corrected chi connectivity index (χ2v) is 17.2. The molecule has 2 fully saturated rings. The quantitative estimate of drug-likeness (QED) is 0.0931. The molecule has 2 aromatic heterocycles. The summed E-state index contributed by atoms with van der Waals surface area (Å²) in [6, 6.07) is 2.99. The summed E-state index contributed by atoms with van der Waals surface area (Å²) in [5.41, 5.74) is 6.03. The van der Waals surface area contributed by atoms with Gasteiger partial charge in [0.25, 0.3) is 0 Å². The Morgan fingerprint density at radius 1 is 0.645 bits per heavy atom. The van der Waals surface area contributed by atoms with Crippen LogP contribution in [0.3, 0.4) is 0 Å². The predicted molar refractivity (Wildman–Crippen MR) is 227 cm³/mol. The van der Waals surface area contributed by atoms with Crippen LogP contribution in [0.1, 0.15) is 74.1 Å². The zero-order valence-electron chi connectivity index (χ0n) is 35.1. The van der Waals surface area contributed by atoms with Gasteiger partial charge in [-0.3, -0.25) is 19.2 Å². The van der Waals surface area contributed by atoms with Gasteiger partial charge in [-0.05, 0) is 49.7 Å². The Balaban J connectivity index is 1.12. The van der Waals surface area contributed by atoms with Crippen LogP contribution in [0.4, 0.5) is 9.59 Å². The lowest BCUT2D eigenvalue weighted by Crippen LogP contribution is -2.54. The molecule has 2 aliphatic rings. The van der Waals surface area contributed by atoms with E-state index in [0.717, 1.165) is 0 Å². The lowest BCUT2D eigenvalue weighted by Gasteiger charge is -2.29. The normalized spacial score (nSPS) is 17.2. The SMILES string of the molecule is COC(=O)N[C@H](C(=O)N1CCC[C@H]1C(=O)OCC(=O)c1ccc(-c2ccc(C(=O)COC(=O)[C@@H]3CCCN3C(=O)[C@@H](NC(=O)OC)C(C)C)c3scnc23)c2ncsc12)C(C)C. The van der Waals surface area contributed by atoms with Gasteiger partial charge in [0.1, 0.15) is 24.2 Å². The third-order valence-corrected chi connectivity index (χ3v) is 12.7. The number of benzene rings is 2. The number of rotatable bonds is 15. The summed E-state index contributed by atoms with van der Waals surface area (Å²) in [7, 11) is 2.39. The number of hydrogen-bond acceptors (Lipinski definition) is 16. The zero-order chi connectivity index (χ0) is 44.8. The number of aromatic nitrogens is 2. The number of thiazole rings is 2. The first-order valence-electron chi connectivity index (χ1n) is 20.1. The number of amides is 4. The lowest BCUT2D eigenvalue weighted by atomic mass is 9.98. The highest BCUT2D eigenvalue weighted by Crippen LogP contribution is 2.38. The average molecular weight is 893 g/mol. The number of nitrogens with zero attached hydrogens (tertiary/aromatic N) is 4. The number of alkyl carbamates (subject to hydrolysis) is 2. The number of carbonyl (C=O) groups is 8. The van der Waals surface area contributed by atoms with E-state index in [2.05, 4.69) is 30.1 Å². The molecule has 0 unspecified atom stereocenters. The minimum absolute atomic E-state index is 0.283. The van der Waals surface area contributed by atoms with E-state index in [1.807, 2.05) is 0 Å². The fourth-order valence-corrected chi connectivity index (χ4v) is 9.40.